The van der Waals surface area contributed by atoms with Crippen LogP contribution in [0.25, 0.3) is 33.5 Å². The molecule has 3 heterocycles. The van der Waals surface area contributed by atoms with Gasteiger partial charge in [0.25, 0.3) is 0 Å². The van der Waals surface area contributed by atoms with Crippen LogP contribution in [0.5, 0.6) is 0 Å². The zero-order chi connectivity index (χ0) is 37.5. The van der Waals surface area contributed by atoms with E-state index < -0.39 is 22.6 Å². The van der Waals surface area contributed by atoms with E-state index in [1.54, 1.807) is 11.8 Å². The standard InChI is InChI=1S/C46H37N3SSi2/c1-32-16-14-23-39-44(32)47-46-48(37-21-10-11-22-38(37)49(39)46)33-28-30-36(31-29-33)52(34-17-6-4-7-18-34,35-19-8-5-9-20-35)43-27-15-26-42-45(43)50-40-24-12-13-25-41(40)51(42,2)3/h4-31H,1-3H3/i2D3. The first-order valence-electron chi connectivity index (χ1n) is 19.2. The fourth-order valence-electron chi connectivity index (χ4n) is 8.58. The van der Waals surface area contributed by atoms with E-state index in [1.165, 1.54) is 20.7 Å². The Morgan fingerprint density at radius 1 is 0.596 bits per heavy atom. The number of rotatable bonds is 5. The van der Waals surface area contributed by atoms with Crippen LogP contribution in [0.15, 0.2) is 180 Å². The molecule has 0 bridgehead atoms. The van der Waals surface area contributed by atoms with Crippen molar-refractivity contribution in [2.45, 2.75) is 29.7 Å². The number of fused-ring (bicyclic) bond motifs is 7. The Labute approximate surface area is 314 Å². The van der Waals surface area contributed by atoms with Crippen molar-refractivity contribution in [1.29, 1.82) is 0 Å². The number of aryl methyl sites for hydroxylation is 1. The molecule has 250 valence electrons. The van der Waals surface area contributed by atoms with Crippen LogP contribution in [0.4, 0.5) is 0 Å². The minimum absolute atomic E-state index is 0.883. The number of hydrogen-bond donors (Lipinski definition) is 0. The molecule has 10 rings (SSSR count). The van der Waals surface area contributed by atoms with Crippen LogP contribution < -0.4 is 31.1 Å². The summed E-state index contributed by atoms with van der Waals surface area (Å²) in [4.78, 5) is 7.39. The molecule has 52 heavy (non-hydrogen) atoms. The highest BCUT2D eigenvalue weighted by Crippen LogP contribution is 2.34. The van der Waals surface area contributed by atoms with Gasteiger partial charge in [-0.3, -0.25) is 8.97 Å². The van der Waals surface area contributed by atoms with E-state index in [-0.39, 0.29) is 0 Å². The first kappa shape index (κ1) is 28.2. The minimum Gasteiger partial charge on any atom is -0.278 e. The second-order valence-electron chi connectivity index (χ2n) is 13.9. The minimum atomic E-state index is -3.22. The molecule has 1 aliphatic rings. The zero-order valence-corrected chi connectivity index (χ0v) is 31.7. The first-order chi connectivity index (χ1) is 26.7. The molecule has 0 saturated heterocycles. The van der Waals surface area contributed by atoms with E-state index >= 15 is 0 Å². The Bertz CT molecular complexity index is 2880. The van der Waals surface area contributed by atoms with Crippen molar-refractivity contribution in [3.63, 3.8) is 0 Å². The van der Waals surface area contributed by atoms with Crippen LogP contribution in [0.1, 0.15) is 9.68 Å². The molecule has 0 fully saturated rings. The largest absolute Gasteiger partial charge is 0.278 e. The molecule has 0 radical (unpaired) electrons. The Kier molecular flexibility index (Phi) is 6.41. The molecular formula is C46H37N3SSi2. The van der Waals surface area contributed by atoms with Crippen LogP contribution in [0, 0.1) is 6.92 Å². The third-order valence-electron chi connectivity index (χ3n) is 11.0. The molecule has 9 aromatic rings. The maximum absolute atomic E-state index is 9.05. The highest BCUT2D eigenvalue weighted by Gasteiger charge is 2.46. The lowest BCUT2D eigenvalue weighted by Crippen LogP contribution is -2.76. The Morgan fingerprint density at radius 3 is 1.92 bits per heavy atom. The fourth-order valence-corrected chi connectivity index (χ4v) is 18.9. The van der Waals surface area contributed by atoms with Crippen molar-refractivity contribution in [3.8, 4) is 5.69 Å². The maximum Gasteiger partial charge on any atom is 0.220 e. The van der Waals surface area contributed by atoms with Gasteiger partial charge < -0.3 is 0 Å². The number of aromatic nitrogens is 3. The van der Waals surface area contributed by atoms with Crippen molar-refractivity contribution >= 4 is 86.9 Å². The van der Waals surface area contributed by atoms with E-state index in [4.69, 9.17) is 9.10 Å². The van der Waals surface area contributed by atoms with E-state index in [0.29, 0.717) is 0 Å². The third kappa shape index (κ3) is 4.41. The number of imidazole rings is 2. The van der Waals surface area contributed by atoms with E-state index in [9.17, 15) is 0 Å². The summed E-state index contributed by atoms with van der Waals surface area (Å²) >= 11 is 1.75. The molecule has 0 saturated carbocycles. The van der Waals surface area contributed by atoms with Crippen molar-refractivity contribution in [2.75, 3.05) is 0 Å². The summed E-state index contributed by atoms with van der Waals surface area (Å²) in [5, 5.41) is 6.95. The Balaban J connectivity index is 1.26. The predicted octanol–water partition coefficient (Wildman–Crippen LogP) is 7.40. The molecular weight excluding hydrogens is 683 g/mol. The molecule has 3 nitrogen and oxygen atoms in total. The van der Waals surface area contributed by atoms with E-state index in [2.05, 4.69) is 174 Å². The van der Waals surface area contributed by atoms with Gasteiger partial charge in [-0.2, -0.15) is 0 Å². The number of benzene rings is 7. The van der Waals surface area contributed by atoms with Gasteiger partial charge in [-0.25, -0.2) is 4.98 Å². The Hall–Kier alpha value is -5.41. The highest BCUT2D eigenvalue weighted by atomic mass is 32.2. The lowest BCUT2D eigenvalue weighted by molar-refractivity contribution is 1.11. The quantitative estimate of drug-likeness (QED) is 0.137. The third-order valence-corrected chi connectivity index (χ3v) is 20.6. The monoisotopic (exact) mass is 722 g/mol. The first-order valence-corrected chi connectivity index (χ1v) is 23.0. The van der Waals surface area contributed by atoms with Crippen molar-refractivity contribution in [1.82, 2.24) is 14.0 Å². The summed E-state index contributed by atoms with van der Waals surface area (Å²) in [6, 6.07) is 60.6. The molecule has 0 amide bonds. The molecule has 1 atom stereocenters. The molecule has 1 aliphatic heterocycles. The fraction of sp³-hybridized carbons (Fsp3) is 0.0652. The van der Waals surface area contributed by atoms with Gasteiger partial charge in [-0.15, -0.1) is 0 Å². The predicted molar refractivity (Wildman–Crippen MR) is 225 cm³/mol. The van der Waals surface area contributed by atoms with Crippen molar-refractivity contribution in [2.24, 2.45) is 0 Å². The van der Waals surface area contributed by atoms with Gasteiger partial charge in [-0.1, -0.05) is 158 Å². The Morgan fingerprint density at radius 2 is 1.19 bits per heavy atom. The van der Waals surface area contributed by atoms with E-state index in [0.717, 1.165) is 59.3 Å². The summed E-state index contributed by atoms with van der Waals surface area (Å²) in [7, 11) is -6.30. The highest BCUT2D eigenvalue weighted by molar-refractivity contribution is 8.00. The molecule has 0 aliphatic carbocycles. The molecule has 6 heteroatoms. The van der Waals surface area contributed by atoms with Gasteiger partial charge in [-0.05, 0) is 80.0 Å². The van der Waals surface area contributed by atoms with Crippen LogP contribution >= 0.6 is 11.8 Å². The molecule has 1 unspecified atom stereocenters. The zero-order valence-electron chi connectivity index (χ0n) is 31.9. The molecule has 7 aromatic carbocycles. The number of para-hydroxylation sites is 3. The van der Waals surface area contributed by atoms with Crippen LogP contribution in [0.3, 0.4) is 0 Å². The smallest absolute Gasteiger partial charge is 0.220 e. The topological polar surface area (TPSA) is 22.2 Å². The van der Waals surface area contributed by atoms with E-state index in [1.807, 2.05) is 18.7 Å². The van der Waals surface area contributed by atoms with Crippen LogP contribution in [-0.2, 0) is 0 Å². The van der Waals surface area contributed by atoms with Gasteiger partial charge in [0.2, 0.25) is 5.78 Å². The van der Waals surface area contributed by atoms with Gasteiger partial charge in [0, 0.05) is 19.6 Å². The number of hydrogen-bond acceptors (Lipinski definition) is 2. The second kappa shape index (κ2) is 11.8. The SMILES string of the molecule is [2H]C([2H])([2H])[Si]1(C)c2ccccc2Sc2c([Si](c3ccccc3)(c3ccccc3)c3ccc(-n4c5ccccc5n5c6cccc(C)c6nc45)cc3)cccc21. The average molecular weight is 723 g/mol. The summed E-state index contributed by atoms with van der Waals surface area (Å²) in [6.07, 6.45) is 0. The van der Waals surface area contributed by atoms with Gasteiger partial charge in [0.05, 0.1) is 22.1 Å². The number of nitrogens with zero attached hydrogens (tertiary/aromatic N) is 3. The summed E-state index contributed by atoms with van der Waals surface area (Å²) in [5.74, 6) is 0.883. The molecule has 0 N–H and O–H groups in total. The lowest BCUT2D eigenvalue weighted by Gasteiger charge is -2.40. The summed E-state index contributed by atoms with van der Waals surface area (Å²) in [5.41, 5.74) is 6.50. The lowest BCUT2D eigenvalue weighted by atomic mass is 10.2. The van der Waals surface area contributed by atoms with Crippen molar-refractivity contribution < 1.29 is 4.11 Å². The van der Waals surface area contributed by atoms with Gasteiger partial charge >= 0.3 is 0 Å². The van der Waals surface area contributed by atoms with Gasteiger partial charge in [0.15, 0.2) is 8.07 Å². The van der Waals surface area contributed by atoms with Crippen molar-refractivity contribution in [3.05, 3.63) is 175 Å². The van der Waals surface area contributed by atoms with Gasteiger partial charge in [0.1, 0.15) is 8.07 Å². The maximum atomic E-state index is 9.05. The van der Waals surface area contributed by atoms with Crippen LogP contribution in [0.2, 0.25) is 13.0 Å². The van der Waals surface area contributed by atoms with Crippen LogP contribution in [-0.4, -0.2) is 30.1 Å². The normalized spacial score (nSPS) is 16.7. The average Bonchev–Trinajstić information content (AvgIpc) is 3.75. The molecule has 2 aromatic heterocycles. The second-order valence-corrected chi connectivity index (χ2v) is 22.1. The molecule has 0 spiro atoms. The summed E-state index contributed by atoms with van der Waals surface area (Å²) in [6.45, 7) is 2.03. The summed E-state index contributed by atoms with van der Waals surface area (Å²) < 4.78 is 31.7.